The molecule has 3 heterocycles. The molecule has 0 bridgehead atoms. The van der Waals surface area contributed by atoms with E-state index in [1.807, 2.05) is 41.9 Å². The van der Waals surface area contributed by atoms with Gasteiger partial charge in [-0.05, 0) is 62.7 Å². The van der Waals surface area contributed by atoms with Gasteiger partial charge in [0.05, 0.1) is 24.0 Å². The van der Waals surface area contributed by atoms with Gasteiger partial charge in [0, 0.05) is 29.3 Å². The number of hydrogen-bond acceptors (Lipinski definition) is 6. The summed E-state index contributed by atoms with van der Waals surface area (Å²) in [5.74, 6) is 2.88. The van der Waals surface area contributed by atoms with Gasteiger partial charge in [-0.1, -0.05) is 29.5 Å². The highest BCUT2D eigenvalue weighted by atomic mass is 32.2. The van der Waals surface area contributed by atoms with E-state index in [0.29, 0.717) is 11.6 Å². The molecule has 5 aromatic rings. The lowest BCUT2D eigenvalue weighted by Gasteiger charge is -2.03. The Morgan fingerprint density at radius 1 is 1.03 bits per heavy atom. The number of ether oxygens (including phenoxy) is 1. The van der Waals surface area contributed by atoms with Gasteiger partial charge in [-0.2, -0.15) is 5.10 Å². The number of aromatic nitrogens is 4. The molecule has 0 amide bonds. The van der Waals surface area contributed by atoms with Crippen LogP contribution in [-0.4, -0.2) is 26.7 Å². The first-order valence-electron chi connectivity index (χ1n) is 10.7. The van der Waals surface area contributed by atoms with Crippen LogP contribution in [-0.2, 0) is 5.75 Å². The lowest BCUT2D eigenvalue weighted by atomic mass is 10.0. The topological polar surface area (TPSA) is 65.5 Å². The van der Waals surface area contributed by atoms with Crippen molar-refractivity contribution in [3.05, 3.63) is 83.5 Å². The summed E-state index contributed by atoms with van der Waals surface area (Å²) in [5, 5.41) is 5.71. The number of thioether (sulfide) groups is 1. The van der Waals surface area contributed by atoms with Gasteiger partial charge in [0.25, 0.3) is 0 Å². The summed E-state index contributed by atoms with van der Waals surface area (Å²) < 4.78 is 13.1. The molecule has 0 N–H and O–H groups in total. The molecular formula is C26H24N4O2S. The Morgan fingerprint density at radius 2 is 1.85 bits per heavy atom. The van der Waals surface area contributed by atoms with Crippen LogP contribution in [0, 0.1) is 20.8 Å². The quantitative estimate of drug-likeness (QED) is 0.280. The van der Waals surface area contributed by atoms with Crippen molar-refractivity contribution in [1.29, 1.82) is 0 Å². The van der Waals surface area contributed by atoms with Crippen molar-refractivity contribution in [2.75, 3.05) is 7.11 Å². The number of hydrogen-bond donors (Lipinski definition) is 0. The van der Waals surface area contributed by atoms with Gasteiger partial charge in [0.15, 0.2) is 0 Å². The third kappa shape index (κ3) is 4.24. The second kappa shape index (κ2) is 8.75. The number of benzene rings is 2. The minimum atomic E-state index is 0.610. The molecule has 0 saturated carbocycles. The third-order valence-corrected chi connectivity index (χ3v) is 6.60. The van der Waals surface area contributed by atoms with Gasteiger partial charge >= 0.3 is 0 Å². The highest BCUT2D eigenvalue weighted by Gasteiger charge is 2.15. The van der Waals surface area contributed by atoms with Crippen molar-refractivity contribution >= 4 is 17.3 Å². The van der Waals surface area contributed by atoms with Crippen LogP contribution in [0.2, 0.25) is 0 Å². The predicted octanol–water partition coefficient (Wildman–Crippen LogP) is 6.28. The van der Waals surface area contributed by atoms with Crippen LogP contribution in [0.15, 0.2) is 70.4 Å². The van der Waals surface area contributed by atoms with Crippen LogP contribution in [0.25, 0.3) is 28.2 Å². The fourth-order valence-electron chi connectivity index (χ4n) is 3.71. The molecule has 0 aliphatic carbocycles. The molecule has 0 spiro atoms. The summed E-state index contributed by atoms with van der Waals surface area (Å²) in [4.78, 5) is 9.34. The maximum atomic E-state index is 5.93. The first-order chi connectivity index (χ1) is 16.0. The van der Waals surface area contributed by atoms with Gasteiger partial charge in [-0.3, -0.25) is 0 Å². The monoisotopic (exact) mass is 456 g/mol. The largest absolute Gasteiger partial charge is 0.497 e. The van der Waals surface area contributed by atoms with E-state index in [4.69, 9.17) is 19.2 Å². The van der Waals surface area contributed by atoms with E-state index in [-0.39, 0.29) is 0 Å². The average Bonchev–Trinajstić information content (AvgIpc) is 3.43. The molecule has 0 radical (unpaired) electrons. The number of fused-ring (bicyclic) bond motifs is 1. The highest BCUT2D eigenvalue weighted by molar-refractivity contribution is 7.98. The Labute approximate surface area is 196 Å². The zero-order valence-corrected chi connectivity index (χ0v) is 19.8. The van der Waals surface area contributed by atoms with Crippen molar-refractivity contribution in [3.8, 4) is 28.5 Å². The first-order valence-corrected chi connectivity index (χ1v) is 11.7. The summed E-state index contributed by atoms with van der Waals surface area (Å²) in [5.41, 5.74) is 7.32. The molecule has 7 heteroatoms. The Hall–Kier alpha value is -3.58. The minimum absolute atomic E-state index is 0.610. The van der Waals surface area contributed by atoms with Gasteiger partial charge < -0.3 is 9.15 Å². The van der Waals surface area contributed by atoms with Crippen LogP contribution in [0.3, 0.4) is 0 Å². The van der Waals surface area contributed by atoms with Crippen LogP contribution in [0.4, 0.5) is 0 Å². The molecule has 0 atom stereocenters. The molecule has 33 heavy (non-hydrogen) atoms. The average molecular weight is 457 g/mol. The Bertz CT molecular complexity index is 1440. The highest BCUT2D eigenvalue weighted by Crippen LogP contribution is 2.31. The lowest BCUT2D eigenvalue weighted by molar-refractivity contribution is 0.415. The van der Waals surface area contributed by atoms with E-state index in [1.165, 1.54) is 11.1 Å². The molecule has 0 fully saturated rings. The molecule has 0 saturated heterocycles. The molecule has 3 aromatic heterocycles. The van der Waals surface area contributed by atoms with E-state index in [0.717, 1.165) is 44.6 Å². The van der Waals surface area contributed by atoms with Crippen LogP contribution < -0.4 is 4.74 Å². The fourth-order valence-corrected chi connectivity index (χ4v) is 4.69. The van der Waals surface area contributed by atoms with Crippen molar-refractivity contribution in [2.24, 2.45) is 0 Å². The molecule has 0 aliphatic rings. The molecule has 166 valence electrons. The summed E-state index contributed by atoms with van der Waals surface area (Å²) in [6, 6.07) is 16.2. The van der Waals surface area contributed by atoms with Crippen LogP contribution in [0.5, 0.6) is 5.75 Å². The van der Waals surface area contributed by atoms with Crippen LogP contribution >= 0.6 is 11.8 Å². The summed E-state index contributed by atoms with van der Waals surface area (Å²) in [6.45, 7) is 6.16. The van der Waals surface area contributed by atoms with Crippen molar-refractivity contribution in [2.45, 2.75) is 31.6 Å². The SMILES string of the molecule is COc1ccc(-c2nc(CSc3nccn4nc(-c5cc(C)ccc5C)cc34)c(C)o2)cc1. The summed E-state index contributed by atoms with van der Waals surface area (Å²) in [6.07, 6.45) is 3.67. The number of rotatable bonds is 6. The van der Waals surface area contributed by atoms with E-state index in [1.54, 1.807) is 25.1 Å². The number of aryl methyl sites for hydroxylation is 3. The summed E-state index contributed by atoms with van der Waals surface area (Å²) >= 11 is 1.63. The van der Waals surface area contributed by atoms with Gasteiger partial charge in [0.2, 0.25) is 5.89 Å². The molecule has 5 rings (SSSR count). The molecule has 2 aromatic carbocycles. The van der Waals surface area contributed by atoms with Gasteiger partial charge in [-0.15, -0.1) is 0 Å². The minimum Gasteiger partial charge on any atom is -0.497 e. The molecule has 0 unspecified atom stereocenters. The Kier molecular flexibility index (Phi) is 5.64. The van der Waals surface area contributed by atoms with E-state index < -0.39 is 0 Å². The van der Waals surface area contributed by atoms with Gasteiger partial charge in [0.1, 0.15) is 16.5 Å². The van der Waals surface area contributed by atoms with Gasteiger partial charge in [-0.25, -0.2) is 14.5 Å². The first kappa shape index (κ1) is 21.3. The third-order valence-electron chi connectivity index (χ3n) is 5.60. The predicted molar refractivity (Wildman–Crippen MR) is 131 cm³/mol. The lowest BCUT2D eigenvalue weighted by Crippen LogP contribution is -1.92. The number of oxazole rings is 1. The fraction of sp³-hybridized carbons (Fsp3) is 0.192. The molecule has 6 nitrogen and oxygen atoms in total. The van der Waals surface area contributed by atoms with E-state index in [2.05, 4.69) is 43.1 Å². The maximum absolute atomic E-state index is 5.93. The zero-order chi connectivity index (χ0) is 22.9. The van der Waals surface area contributed by atoms with Crippen LogP contribution in [0.1, 0.15) is 22.6 Å². The zero-order valence-electron chi connectivity index (χ0n) is 19.0. The smallest absolute Gasteiger partial charge is 0.226 e. The van der Waals surface area contributed by atoms with E-state index in [9.17, 15) is 0 Å². The standard InChI is InChI=1S/C26H24N4O2S/c1-16-5-6-17(2)21(13-16)22-14-24-26(27-11-12-30(24)29-22)33-15-23-18(3)32-25(28-23)19-7-9-20(31-4)10-8-19/h5-14H,15H2,1-4H3. The Morgan fingerprint density at radius 3 is 2.64 bits per heavy atom. The summed E-state index contributed by atoms with van der Waals surface area (Å²) in [7, 11) is 1.65. The van der Waals surface area contributed by atoms with Crippen molar-refractivity contribution in [1.82, 2.24) is 19.6 Å². The normalized spacial score (nSPS) is 11.3. The Balaban J connectivity index is 1.40. The van der Waals surface area contributed by atoms with Crippen molar-refractivity contribution in [3.63, 3.8) is 0 Å². The van der Waals surface area contributed by atoms with E-state index >= 15 is 0 Å². The number of nitrogens with zero attached hydrogens (tertiary/aromatic N) is 4. The molecule has 0 aliphatic heterocycles. The molecular weight excluding hydrogens is 432 g/mol. The van der Waals surface area contributed by atoms with Crippen molar-refractivity contribution < 1.29 is 9.15 Å². The maximum Gasteiger partial charge on any atom is 0.226 e. The second-order valence-electron chi connectivity index (χ2n) is 7.95. The second-order valence-corrected chi connectivity index (χ2v) is 8.91. The number of methoxy groups -OCH3 is 1.